The molecule has 0 saturated carbocycles. The van der Waals surface area contributed by atoms with E-state index in [9.17, 15) is 0 Å². The molecule has 1 nitrogen and oxygen atoms in total. The Bertz CT molecular complexity index is 2750. The van der Waals surface area contributed by atoms with E-state index >= 15 is 0 Å². The van der Waals surface area contributed by atoms with Crippen molar-refractivity contribution in [1.82, 2.24) is 4.57 Å². The molecule has 0 spiro atoms. The van der Waals surface area contributed by atoms with Crippen LogP contribution in [0, 0.1) is 0 Å². The summed E-state index contributed by atoms with van der Waals surface area (Å²) in [5, 5.41) is 7.84. The molecule has 0 aliphatic heterocycles. The van der Waals surface area contributed by atoms with Crippen LogP contribution in [0.5, 0.6) is 0 Å². The molecule has 48 heavy (non-hydrogen) atoms. The quantitative estimate of drug-likeness (QED) is 0.183. The molecule has 0 radical (unpaired) electrons. The first-order valence-corrected chi connectivity index (χ1v) is 17.2. The fourth-order valence-corrected chi connectivity index (χ4v) is 8.74. The van der Waals surface area contributed by atoms with E-state index in [1.807, 2.05) is 11.3 Å². The fraction of sp³-hybridized carbons (Fsp3) is 0. The Morgan fingerprint density at radius 2 is 0.938 bits per heavy atom. The number of hydrogen-bond donors (Lipinski definition) is 0. The van der Waals surface area contributed by atoms with Gasteiger partial charge < -0.3 is 4.57 Å². The molecule has 0 atom stereocenters. The smallest absolute Gasteiger partial charge is 0.0634 e. The molecule has 10 rings (SSSR count). The lowest BCUT2D eigenvalue weighted by atomic mass is 9.93. The zero-order chi connectivity index (χ0) is 31.6. The highest BCUT2D eigenvalue weighted by Crippen LogP contribution is 2.45. The van der Waals surface area contributed by atoms with Crippen molar-refractivity contribution in [3.63, 3.8) is 0 Å². The third kappa shape index (κ3) is 4.24. The molecule has 0 N–H and O–H groups in total. The van der Waals surface area contributed by atoms with E-state index in [-0.39, 0.29) is 0 Å². The molecule has 2 heteroatoms. The summed E-state index contributed by atoms with van der Waals surface area (Å²) >= 11 is 1.91. The van der Waals surface area contributed by atoms with Crippen molar-refractivity contribution in [2.75, 3.05) is 0 Å². The second-order valence-electron chi connectivity index (χ2n) is 12.5. The van der Waals surface area contributed by atoms with Crippen LogP contribution in [0.15, 0.2) is 176 Å². The van der Waals surface area contributed by atoms with Gasteiger partial charge in [-0.25, -0.2) is 0 Å². The molecule has 2 aromatic heterocycles. The van der Waals surface area contributed by atoms with Crippen LogP contribution in [0.3, 0.4) is 0 Å². The van der Waals surface area contributed by atoms with Gasteiger partial charge in [-0.15, -0.1) is 11.3 Å². The van der Waals surface area contributed by atoms with Gasteiger partial charge in [0.25, 0.3) is 0 Å². The molecule has 0 aliphatic carbocycles. The molecule has 8 aromatic carbocycles. The number of nitrogens with zero attached hydrogens (tertiary/aromatic N) is 1. The van der Waals surface area contributed by atoms with E-state index in [1.54, 1.807) is 0 Å². The molecule has 10 aromatic rings. The van der Waals surface area contributed by atoms with Crippen molar-refractivity contribution in [3.8, 4) is 39.1 Å². The summed E-state index contributed by atoms with van der Waals surface area (Å²) in [6.07, 6.45) is 0. The minimum Gasteiger partial charge on any atom is -0.309 e. The first-order chi connectivity index (χ1) is 23.8. The maximum atomic E-state index is 2.48. The Kier molecular flexibility index (Phi) is 6.12. The molecule has 224 valence electrons. The Balaban J connectivity index is 1.18. The van der Waals surface area contributed by atoms with Crippen LogP contribution in [-0.4, -0.2) is 4.57 Å². The van der Waals surface area contributed by atoms with Gasteiger partial charge in [-0.3, -0.25) is 0 Å². The van der Waals surface area contributed by atoms with Gasteiger partial charge in [0.05, 0.1) is 11.0 Å². The number of aromatic nitrogens is 1. The van der Waals surface area contributed by atoms with Gasteiger partial charge in [-0.2, -0.15) is 0 Å². The molecule has 0 bridgehead atoms. The van der Waals surface area contributed by atoms with Gasteiger partial charge >= 0.3 is 0 Å². The lowest BCUT2D eigenvalue weighted by molar-refractivity contribution is 1.19. The van der Waals surface area contributed by atoms with Crippen molar-refractivity contribution in [2.45, 2.75) is 0 Å². The Morgan fingerprint density at radius 1 is 0.375 bits per heavy atom. The second kappa shape index (κ2) is 10.8. The Hall–Kier alpha value is -5.96. The number of thiophene rings is 1. The van der Waals surface area contributed by atoms with Crippen molar-refractivity contribution in [1.29, 1.82) is 0 Å². The van der Waals surface area contributed by atoms with E-state index in [0.29, 0.717) is 0 Å². The first kappa shape index (κ1) is 27.2. The predicted octanol–water partition coefficient (Wildman–Crippen LogP) is 13.3. The second-order valence-corrected chi connectivity index (χ2v) is 13.6. The van der Waals surface area contributed by atoms with Crippen LogP contribution in [0.25, 0.3) is 91.8 Å². The third-order valence-corrected chi connectivity index (χ3v) is 11.0. The normalized spacial score (nSPS) is 11.8. The highest BCUT2D eigenvalue weighted by molar-refractivity contribution is 7.26. The Morgan fingerprint density at radius 3 is 1.62 bits per heavy atom. The lowest BCUT2D eigenvalue weighted by Crippen LogP contribution is -1.94. The minimum atomic E-state index is 1.17. The SMILES string of the molecule is c1ccc(-c2cc(-c3ccccc3)cc(-c3ccc(-n4c5ccccc5c5ccc6sc7c8ccccc8ccc7c6c54)cc3)c2)cc1. The van der Waals surface area contributed by atoms with E-state index < -0.39 is 0 Å². The van der Waals surface area contributed by atoms with E-state index in [1.165, 1.54) is 91.8 Å². The predicted molar refractivity (Wildman–Crippen MR) is 207 cm³/mol. The molecule has 2 heterocycles. The highest BCUT2D eigenvalue weighted by atomic mass is 32.1. The maximum absolute atomic E-state index is 2.48. The topological polar surface area (TPSA) is 4.93 Å². The standard InChI is InChI=1S/C46H29NS/c1-3-11-30(12-4-1)34-27-35(31-13-5-2-6-14-31)29-36(28-34)32-19-22-37(23-20-32)47-42-18-10-9-17-39(42)40-25-26-43-44(45(40)47)41-24-21-33-15-7-8-16-38(33)46(41)48-43/h1-29H. The van der Waals surface area contributed by atoms with Crippen LogP contribution in [0.2, 0.25) is 0 Å². The highest BCUT2D eigenvalue weighted by Gasteiger charge is 2.19. The first-order valence-electron chi connectivity index (χ1n) is 16.4. The monoisotopic (exact) mass is 627 g/mol. The summed E-state index contributed by atoms with van der Waals surface area (Å²) < 4.78 is 5.16. The summed E-state index contributed by atoms with van der Waals surface area (Å²) in [6, 6.07) is 64.3. The number of fused-ring (bicyclic) bond motifs is 9. The minimum absolute atomic E-state index is 1.17. The number of hydrogen-bond acceptors (Lipinski definition) is 1. The maximum Gasteiger partial charge on any atom is 0.0634 e. The van der Waals surface area contributed by atoms with Gasteiger partial charge in [0.1, 0.15) is 0 Å². The largest absolute Gasteiger partial charge is 0.309 e. The van der Waals surface area contributed by atoms with E-state index in [0.717, 1.165) is 0 Å². The summed E-state index contributed by atoms with van der Waals surface area (Å²) in [5.74, 6) is 0. The summed E-state index contributed by atoms with van der Waals surface area (Å²) in [5.41, 5.74) is 11.0. The van der Waals surface area contributed by atoms with Crippen LogP contribution >= 0.6 is 11.3 Å². The molecule has 0 fully saturated rings. The van der Waals surface area contributed by atoms with Crippen molar-refractivity contribution < 1.29 is 0 Å². The van der Waals surface area contributed by atoms with Crippen LogP contribution in [0.4, 0.5) is 0 Å². The van der Waals surface area contributed by atoms with Gasteiger partial charge in [0.15, 0.2) is 0 Å². The van der Waals surface area contributed by atoms with Crippen LogP contribution in [0.1, 0.15) is 0 Å². The van der Waals surface area contributed by atoms with Crippen LogP contribution < -0.4 is 0 Å². The number of benzene rings is 8. The van der Waals surface area contributed by atoms with Crippen LogP contribution in [-0.2, 0) is 0 Å². The fourth-order valence-electron chi connectivity index (χ4n) is 7.50. The lowest BCUT2D eigenvalue weighted by Gasteiger charge is -2.13. The third-order valence-electron chi connectivity index (χ3n) is 9.77. The average molecular weight is 628 g/mol. The summed E-state index contributed by atoms with van der Waals surface area (Å²) in [7, 11) is 0. The Labute approximate surface area is 282 Å². The van der Waals surface area contributed by atoms with Crippen molar-refractivity contribution in [2.24, 2.45) is 0 Å². The molecular formula is C46H29NS. The molecule has 0 aliphatic rings. The van der Waals surface area contributed by atoms with Crippen molar-refractivity contribution >= 4 is 64.1 Å². The van der Waals surface area contributed by atoms with Gasteiger partial charge in [-0.1, -0.05) is 133 Å². The van der Waals surface area contributed by atoms with Gasteiger partial charge in [0.2, 0.25) is 0 Å². The van der Waals surface area contributed by atoms with Gasteiger partial charge in [0, 0.05) is 36.6 Å². The van der Waals surface area contributed by atoms with E-state index in [4.69, 9.17) is 0 Å². The van der Waals surface area contributed by atoms with E-state index in [2.05, 4.69) is 180 Å². The summed E-state index contributed by atoms with van der Waals surface area (Å²) in [4.78, 5) is 0. The zero-order valence-electron chi connectivity index (χ0n) is 26.1. The molecule has 0 amide bonds. The number of rotatable bonds is 4. The van der Waals surface area contributed by atoms with Crippen molar-refractivity contribution in [3.05, 3.63) is 176 Å². The number of para-hydroxylation sites is 1. The molecular weight excluding hydrogens is 599 g/mol. The van der Waals surface area contributed by atoms with Gasteiger partial charge in [-0.05, 0) is 86.6 Å². The molecule has 0 unspecified atom stereocenters. The zero-order valence-corrected chi connectivity index (χ0v) is 26.9. The summed E-state index contributed by atoms with van der Waals surface area (Å²) in [6.45, 7) is 0. The average Bonchev–Trinajstić information content (AvgIpc) is 3.72. The molecule has 0 saturated heterocycles.